The van der Waals surface area contributed by atoms with Crippen molar-refractivity contribution < 1.29 is 23.0 Å². The molecule has 1 N–H and O–H groups in total. The van der Waals surface area contributed by atoms with Crippen molar-refractivity contribution in [1.29, 1.82) is 0 Å². The number of piperazine rings is 1. The van der Waals surface area contributed by atoms with Crippen molar-refractivity contribution in [2.45, 2.75) is 32.3 Å². The molecular weight excluding hydrogens is 406 g/mol. The number of benzene rings is 1. The summed E-state index contributed by atoms with van der Waals surface area (Å²) in [5.41, 5.74) is 0.789. The van der Waals surface area contributed by atoms with Gasteiger partial charge in [-0.25, -0.2) is 0 Å². The van der Waals surface area contributed by atoms with Crippen LogP contribution in [0.25, 0.3) is 0 Å². The van der Waals surface area contributed by atoms with Gasteiger partial charge in [-0.3, -0.25) is 4.90 Å². The molecular formula is C21H33N3O5S. The fourth-order valence-corrected chi connectivity index (χ4v) is 5.88. The second kappa shape index (κ2) is 9.40. The van der Waals surface area contributed by atoms with Crippen LogP contribution in [0.3, 0.4) is 0 Å². The van der Waals surface area contributed by atoms with E-state index in [4.69, 9.17) is 9.47 Å². The number of hydrogen-bond acceptors (Lipinski definition) is 6. The Bertz CT molecular complexity index is 818. The summed E-state index contributed by atoms with van der Waals surface area (Å²) in [5, 5.41) is 10.7. The number of fused-ring (bicyclic) bond motifs is 1. The van der Waals surface area contributed by atoms with Crippen molar-refractivity contribution in [3.05, 3.63) is 23.8 Å². The average Bonchev–Trinajstić information content (AvgIpc) is 2.99. The molecule has 0 bridgehead atoms. The third-order valence-electron chi connectivity index (χ3n) is 6.31. The minimum Gasteiger partial charge on any atom is -0.490 e. The maximum atomic E-state index is 12.9. The molecule has 4 rings (SSSR count). The normalized spacial score (nSPS) is 23.8. The van der Waals surface area contributed by atoms with Gasteiger partial charge in [-0.15, -0.1) is 0 Å². The lowest BCUT2D eigenvalue weighted by Crippen LogP contribution is -2.54. The van der Waals surface area contributed by atoms with E-state index in [1.165, 1.54) is 0 Å². The Balaban J connectivity index is 1.31. The zero-order valence-electron chi connectivity index (χ0n) is 17.7. The van der Waals surface area contributed by atoms with Crippen molar-refractivity contribution in [2.75, 3.05) is 59.0 Å². The summed E-state index contributed by atoms with van der Waals surface area (Å²) in [7, 11) is -3.38. The predicted octanol–water partition coefficient (Wildman–Crippen LogP) is 1.48. The topological polar surface area (TPSA) is 82.6 Å². The van der Waals surface area contributed by atoms with Crippen LogP contribution in [0.1, 0.15) is 37.9 Å². The van der Waals surface area contributed by atoms with E-state index < -0.39 is 16.3 Å². The number of nitrogens with zero attached hydrogens (tertiary/aromatic N) is 3. The van der Waals surface area contributed by atoms with Crippen LogP contribution < -0.4 is 9.47 Å². The monoisotopic (exact) mass is 439 g/mol. The zero-order valence-corrected chi connectivity index (χ0v) is 18.5. The Hall–Kier alpha value is -1.39. The number of hydrogen-bond donors (Lipinski definition) is 1. The highest BCUT2D eigenvalue weighted by Crippen LogP contribution is 2.32. The molecule has 1 aromatic rings. The molecule has 0 radical (unpaired) electrons. The third-order valence-corrected chi connectivity index (χ3v) is 8.35. The van der Waals surface area contributed by atoms with Crippen LogP contribution in [0.5, 0.6) is 11.5 Å². The molecule has 3 aliphatic heterocycles. The largest absolute Gasteiger partial charge is 0.490 e. The lowest BCUT2D eigenvalue weighted by Gasteiger charge is -2.39. The first kappa shape index (κ1) is 21.8. The SMILES string of the molecule is CC1CCN(S(=O)(=O)N2CCN(CC(O)c3ccc4c(c3)OCCCO4)CC2)CC1. The van der Waals surface area contributed by atoms with Gasteiger partial charge in [0.1, 0.15) is 0 Å². The summed E-state index contributed by atoms with van der Waals surface area (Å²) in [6.45, 7) is 7.28. The summed E-state index contributed by atoms with van der Waals surface area (Å²) >= 11 is 0. The Labute approximate surface area is 179 Å². The van der Waals surface area contributed by atoms with E-state index in [-0.39, 0.29) is 0 Å². The molecule has 30 heavy (non-hydrogen) atoms. The predicted molar refractivity (Wildman–Crippen MR) is 114 cm³/mol. The van der Waals surface area contributed by atoms with Crippen LogP contribution >= 0.6 is 0 Å². The van der Waals surface area contributed by atoms with Gasteiger partial charge in [0.25, 0.3) is 10.2 Å². The van der Waals surface area contributed by atoms with Gasteiger partial charge in [0.2, 0.25) is 0 Å². The van der Waals surface area contributed by atoms with E-state index in [1.54, 1.807) is 8.61 Å². The minimum atomic E-state index is -3.38. The number of rotatable bonds is 5. The minimum absolute atomic E-state index is 0.461. The maximum absolute atomic E-state index is 12.9. The Morgan fingerprint density at radius 3 is 2.33 bits per heavy atom. The van der Waals surface area contributed by atoms with Gasteiger partial charge in [0.05, 0.1) is 19.3 Å². The van der Waals surface area contributed by atoms with Gasteiger partial charge in [-0.05, 0) is 36.5 Å². The van der Waals surface area contributed by atoms with E-state index in [2.05, 4.69) is 11.8 Å². The van der Waals surface area contributed by atoms with Crippen molar-refractivity contribution >= 4 is 10.2 Å². The average molecular weight is 440 g/mol. The van der Waals surface area contributed by atoms with Crippen LogP contribution in [-0.4, -0.2) is 86.1 Å². The lowest BCUT2D eigenvalue weighted by atomic mass is 10.0. The second-order valence-electron chi connectivity index (χ2n) is 8.56. The summed E-state index contributed by atoms with van der Waals surface area (Å²) < 4.78 is 40.4. The third kappa shape index (κ3) is 4.91. The number of β-amino-alcohol motifs (C(OH)–C–C–N with tert-alkyl or cyclic N) is 1. The van der Waals surface area contributed by atoms with Crippen LogP contribution in [0.15, 0.2) is 18.2 Å². The quantitative estimate of drug-likeness (QED) is 0.748. The van der Waals surface area contributed by atoms with E-state index >= 15 is 0 Å². The number of ether oxygens (including phenoxy) is 2. The highest BCUT2D eigenvalue weighted by molar-refractivity contribution is 7.86. The van der Waals surface area contributed by atoms with Crippen molar-refractivity contribution in [1.82, 2.24) is 13.5 Å². The maximum Gasteiger partial charge on any atom is 0.282 e. The first-order chi connectivity index (χ1) is 14.4. The van der Waals surface area contributed by atoms with Gasteiger partial charge in [0, 0.05) is 52.2 Å². The Kier molecular flexibility index (Phi) is 6.84. The molecule has 0 aromatic heterocycles. The van der Waals surface area contributed by atoms with Crippen molar-refractivity contribution in [3.8, 4) is 11.5 Å². The molecule has 8 nitrogen and oxygen atoms in total. The van der Waals surface area contributed by atoms with Crippen LogP contribution in [-0.2, 0) is 10.2 Å². The van der Waals surface area contributed by atoms with Crippen LogP contribution in [0.2, 0.25) is 0 Å². The van der Waals surface area contributed by atoms with Crippen LogP contribution in [0.4, 0.5) is 0 Å². The molecule has 3 aliphatic rings. The van der Waals surface area contributed by atoms with E-state index in [9.17, 15) is 13.5 Å². The first-order valence-corrected chi connectivity index (χ1v) is 12.4. The zero-order chi connectivity index (χ0) is 21.1. The van der Waals surface area contributed by atoms with Crippen molar-refractivity contribution in [3.63, 3.8) is 0 Å². The lowest BCUT2D eigenvalue weighted by molar-refractivity contribution is 0.0901. The number of piperidine rings is 1. The first-order valence-electron chi connectivity index (χ1n) is 11.0. The van der Waals surface area contributed by atoms with E-state index in [0.717, 1.165) is 30.6 Å². The Morgan fingerprint density at radius 1 is 1.00 bits per heavy atom. The van der Waals surface area contributed by atoms with E-state index in [0.29, 0.717) is 70.7 Å². The molecule has 0 amide bonds. The summed E-state index contributed by atoms with van der Waals surface area (Å²) in [6.07, 6.45) is 2.05. The highest BCUT2D eigenvalue weighted by Gasteiger charge is 2.34. The smallest absolute Gasteiger partial charge is 0.282 e. The van der Waals surface area contributed by atoms with Gasteiger partial charge < -0.3 is 14.6 Å². The molecule has 1 unspecified atom stereocenters. The molecule has 2 fully saturated rings. The molecule has 0 aliphatic carbocycles. The van der Waals surface area contributed by atoms with Gasteiger partial charge in [-0.2, -0.15) is 17.0 Å². The van der Waals surface area contributed by atoms with Gasteiger partial charge >= 0.3 is 0 Å². The van der Waals surface area contributed by atoms with Gasteiger partial charge in [0.15, 0.2) is 11.5 Å². The molecule has 1 aromatic carbocycles. The molecule has 168 valence electrons. The highest BCUT2D eigenvalue weighted by atomic mass is 32.2. The van der Waals surface area contributed by atoms with Gasteiger partial charge in [-0.1, -0.05) is 13.0 Å². The van der Waals surface area contributed by atoms with Crippen molar-refractivity contribution in [2.24, 2.45) is 5.92 Å². The Morgan fingerprint density at radius 2 is 1.63 bits per heavy atom. The van der Waals surface area contributed by atoms with E-state index in [1.807, 2.05) is 18.2 Å². The fraction of sp³-hybridized carbons (Fsp3) is 0.714. The molecule has 1 atom stereocenters. The molecule has 2 saturated heterocycles. The second-order valence-corrected chi connectivity index (χ2v) is 10.5. The molecule has 0 saturated carbocycles. The standard InChI is InChI=1S/C21H33N3O5S/c1-17-5-7-23(8-6-17)30(26,27)24-11-9-22(10-12-24)16-19(25)18-3-4-20-21(15-18)29-14-2-13-28-20/h3-4,15,17,19,25H,2,5-14,16H2,1H3. The molecule has 9 heteroatoms. The molecule has 3 heterocycles. The number of aliphatic hydroxyl groups is 1. The summed E-state index contributed by atoms with van der Waals surface area (Å²) in [4.78, 5) is 2.12. The fourth-order valence-electron chi connectivity index (χ4n) is 4.26. The van der Waals surface area contributed by atoms with Crippen LogP contribution in [0, 0.1) is 5.92 Å². The summed E-state index contributed by atoms with van der Waals surface area (Å²) in [6, 6.07) is 5.57. The molecule has 0 spiro atoms. The number of aliphatic hydroxyl groups excluding tert-OH is 1. The summed E-state index contributed by atoms with van der Waals surface area (Å²) in [5.74, 6) is 1.99.